The molecule has 0 radical (unpaired) electrons. The summed E-state index contributed by atoms with van der Waals surface area (Å²) in [6.07, 6.45) is 4.07. The van der Waals surface area contributed by atoms with Crippen molar-refractivity contribution in [3.8, 4) is 0 Å². The number of aliphatic hydroxyl groups excluding tert-OH is 1. The Morgan fingerprint density at radius 3 is 2.70 bits per heavy atom. The van der Waals surface area contributed by atoms with Gasteiger partial charge in [-0.3, -0.25) is 4.79 Å². The Morgan fingerprint density at radius 2 is 1.97 bits per heavy atom. The van der Waals surface area contributed by atoms with Crippen molar-refractivity contribution in [1.82, 2.24) is 0 Å². The van der Waals surface area contributed by atoms with Gasteiger partial charge in [-0.05, 0) is 67.8 Å². The van der Waals surface area contributed by atoms with Gasteiger partial charge in [0.05, 0.1) is 13.2 Å². The first-order valence-electron chi connectivity index (χ1n) is 11.1. The van der Waals surface area contributed by atoms with Gasteiger partial charge in [0.1, 0.15) is 0 Å². The van der Waals surface area contributed by atoms with Gasteiger partial charge in [0, 0.05) is 11.8 Å². The number of rotatable bonds is 1. The van der Waals surface area contributed by atoms with Crippen molar-refractivity contribution in [2.45, 2.75) is 76.6 Å². The highest BCUT2D eigenvalue weighted by atomic mass is 16.8. The molecule has 1 spiro atoms. The van der Waals surface area contributed by atoms with E-state index >= 15 is 0 Å². The molecule has 0 aromatic carbocycles. The SMILES string of the molecule is COC(=O)[C@@H]1OC(=O)O[C@@]12CC[C@H]1[C@@H]3CCC4=CC(=O)CC[C@]4(C)[C@H]3[C@@H](O)C[C@@]12C. The maximum absolute atomic E-state index is 12.5. The number of hydrogen-bond acceptors (Lipinski definition) is 7. The fraction of sp³-hybridized carbons (Fsp3) is 0.783. The normalized spacial score (nSPS) is 49.5. The minimum atomic E-state index is -1.10. The molecule has 4 aliphatic carbocycles. The molecule has 30 heavy (non-hydrogen) atoms. The van der Waals surface area contributed by atoms with Crippen LogP contribution in [0.2, 0.25) is 0 Å². The Balaban J connectivity index is 1.55. The van der Waals surface area contributed by atoms with Crippen LogP contribution in [-0.2, 0) is 23.8 Å². The molecule has 8 atom stereocenters. The first-order valence-corrected chi connectivity index (χ1v) is 11.1. The summed E-state index contributed by atoms with van der Waals surface area (Å²) in [5, 5.41) is 11.5. The number of hydrogen-bond donors (Lipinski definition) is 1. The van der Waals surface area contributed by atoms with Crippen LogP contribution in [0.25, 0.3) is 0 Å². The van der Waals surface area contributed by atoms with E-state index in [4.69, 9.17) is 14.2 Å². The van der Waals surface area contributed by atoms with E-state index in [2.05, 4.69) is 6.92 Å². The molecule has 4 fully saturated rings. The standard InChI is InChI=1S/C23H30O7/c1-21-8-6-13(24)10-12(21)4-5-14-15-7-9-23(22(15,2)11-16(25)17(14)21)18(19(26)28-3)29-20(27)30-23/h10,14-18,25H,4-9,11H2,1-3H3/t14-,15-,16-,17+,18-,21-,22-,23-/m0/s1. The summed E-state index contributed by atoms with van der Waals surface area (Å²) in [6, 6.07) is 0. The third-order valence-electron chi connectivity index (χ3n) is 9.40. The van der Waals surface area contributed by atoms with Gasteiger partial charge in [0.25, 0.3) is 0 Å². The molecule has 164 valence electrons. The molecule has 1 N–H and O–H groups in total. The number of aliphatic hydroxyl groups is 1. The summed E-state index contributed by atoms with van der Waals surface area (Å²) in [7, 11) is 1.28. The Morgan fingerprint density at radius 1 is 1.20 bits per heavy atom. The molecule has 0 bridgehead atoms. The third kappa shape index (κ3) is 2.33. The van der Waals surface area contributed by atoms with Crippen LogP contribution in [0.5, 0.6) is 0 Å². The molecule has 0 amide bonds. The predicted octanol–water partition coefficient (Wildman–Crippen LogP) is 2.94. The number of fused-ring (bicyclic) bond motifs is 6. The summed E-state index contributed by atoms with van der Waals surface area (Å²) in [5.74, 6) is 0.0841. The summed E-state index contributed by atoms with van der Waals surface area (Å²) >= 11 is 0. The highest BCUT2D eigenvalue weighted by molar-refractivity contribution is 5.91. The number of ketones is 1. The second kappa shape index (κ2) is 6.31. The van der Waals surface area contributed by atoms with Crippen LogP contribution in [0.15, 0.2) is 11.6 Å². The number of allylic oxidation sites excluding steroid dienone is 1. The molecular weight excluding hydrogens is 388 g/mol. The number of cyclic esters (lactones) is 1. The molecule has 0 unspecified atom stereocenters. The first kappa shape index (κ1) is 20.0. The maximum atomic E-state index is 12.5. The largest absolute Gasteiger partial charge is 0.510 e. The summed E-state index contributed by atoms with van der Waals surface area (Å²) in [6.45, 7) is 4.24. The third-order valence-corrected chi connectivity index (χ3v) is 9.40. The minimum Gasteiger partial charge on any atom is -0.466 e. The van der Waals surface area contributed by atoms with Gasteiger partial charge in [-0.15, -0.1) is 0 Å². The van der Waals surface area contributed by atoms with E-state index in [0.717, 1.165) is 25.7 Å². The van der Waals surface area contributed by atoms with Crippen molar-refractivity contribution in [2.75, 3.05) is 7.11 Å². The number of ether oxygens (including phenoxy) is 3. The second-order valence-electron chi connectivity index (χ2n) is 10.4. The number of esters is 1. The van der Waals surface area contributed by atoms with Crippen LogP contribution in [-0.4, -0.2) is 47.9 Å². The van der Waals surface area contributed by atoms with Crippen LogP contribution < -0.4 is 0 Å². The average molecular weight is 418 g/mol. The van der Waals surface area contributed by atoms with Crippen LogP contribution in [0, 0.1) is 28.6 Å². The zero-order valence-electron chi connectivity index (χ0n) is 17.8. The molecule has 1 saturated heterocycles. The van der Waals surface area contributed by atoms with Crippen molar-refractivity contribution < 1.29 is 33.7 Å². The molecule has 0 aromatic heterocycles. The van der Waals surface area contributed by atoms with Crippen LogP contribution in [0.4, 0.5) is 4.79 Å². The monoisotopic (exact) mass is 418 g/mol. The van der Waals surface area contributed by atoms with Crippen LogP contribution >= 0.6 is 0 Å². The lowest BCUT2D eigenvalue weighted by Crippen LogP contribution is -2.63. The van der Waals surface area contributed by atoms with Gasteiger partial charge in [-0.2, -0.15) is 0 Å². The highest BCUT2D eigenvalue weighted by Crippen LogP contribution is 2.69. The van der Waals surface area contributed by atoms with Crippen molar-refractivity contribution in [1.29, 1.82) is 0 Å². The van der Waals surface area contributed by atoms with Crippen molar-refractivity contribution in [3.63, 3.8) is 0 Å². The van der Waals surface area contributed by atoms with E-state index < -0.39 is 35.3 Å². The lowest BCUT2D eigenvalue weighted by Gasteiger charge is -2.60. The van der Waals surface area contributed by atoms with Crippen LogP contribution in [0.1, 0.15) is 58.8 Å². The Labute approximate surface area is 176 Å². The van der Waals surface area contributed by atoms with Gasteiger partial charge in [0.15, 0.2) is 11.4 Å². The van der Waals surface area contributed by atoms with E-state index in [1.165, 1.54) is 12.7 Å². The molecule has 1 aliphatic heterocycles. The lowest BCUT2D eigenvalue weighted by atomic mass is 9.45. The molecule has 5 rings (SSSR count). The zero-order valence-corrected chi connectivity index (χ0v) is 17.8. The van der Waals surface area contributed by atoms with Gasteiger partial charge in [-0.1, -0.05) is 19.4 Å². The fourth-order valence-electron chi connectivity index (χ4n) is 8.07. The van der Waals surface area contributed by atoms with Crippen molar-refractivity contribution >= 4 is 17.9 Å². The zero-order chi connectivity index (χ0) is 21.5. The molecule has 0 aromatic rings. The number of methoxy groups -OCH3 is 1. The van der Waals surface area contributed by atoms with E-state index in [9.17, 15) is 19.5 Å². The lowest BCUT2D eigenvalue weighted by molar-refractivity contribution is -0.183. The summed E-state index contributed by atoms with van der Waals surface area (Å²) in [5.41, 5.74) is -0.690. The molecule has 7 nitrogen and oxygen atoms in total. The molecule has 1 heterocycles. The molecule has 5 aliphatic rings. The van der Waals surface area contributed by atoms with Gasteiger partial charge >= 0.3 is 12.1 Å². The van der Waals surface area contributed by atoms with Gasteiger partial charge < -0.3 is 19.3 Å². The fourth-order valence-corrected chi connectivity index (χ4v) is 8.07. The Kier molecular flexibility index (Phi) is 4.22. The molecule has 3 saturated carbocycles. The van der Waals surface area contributed by atoms with Crippen LogP contribution in [0.3, 0.4) is 0 Å². The van der Waals surface area contributed by atoms with E-state index in [0.29, 0.717) is 19.3 Å². The van der Waals surface area contributed by atoms with Crippen molar-refractivity contribution in [3.05, 3.63) is 11.6 Å². The molecular formula is C23H30O7. The Hall–Kier alpha value is -1.89. The molecule has 7 heteroatoms. The van der Waals surface area contributed by atoms with Gasteiger partial charge in [-0.25, -0.2) is 9.59 Å². The Bertz CT molecular complexity index is 848. The predicted molar refractivity (Wildman–Crippen MR) is 104 cm³/mol. The second-order valence-corrected chi connectivity index (χ2v) is 10.4. The van der Waals surface area contributed by atoms with E-state index in [1.807, 2.05) is 13.0 Å². The van der Waals surface area contributed by atoms with Gasteiger partial charge in [0.2, 0.25) is 6.10 Å². The number of carbonyl (C=O) groups excluding carboxylic acids is 3. The number of carbonyl (C=O) groups is 3. The maximum Gasteiger partial charge on any atom is 0.510 e. The smallest absolute Gasteiger partial charge is 0.466 e. The summed E-state index contributed by atoms with van der Waals surface area (Å²) in [4.78, 5) is 36.6. The van der Waals surface area contributed by atoms with Crippen molar-refractivity contribution in [2.24, 2.45) is 28.6 Å². The first-order chi connectivity index (χ1) is 14.2. The quantitative estimate of drug-likeness (QED) is 0.654. The average Bonchev–Trinajstić information content (AvgIpc) is 3.18. The van der Waals surface area contributed by atoms with E-state index in [1.54, 1.807) is 0 Å². The summed E-state index contributed by atoms with van der Waals surface area (Å²) < 4.78 is 16.0. The minimum absolute atomic E-state index is 0.0634. The van der Waals surface area contributed by atoms with E-state index in [-0.39, 0.29) is 29.0 Å². The topological polar surface area (TPSA) is 99.1 Å². The highest BCUT2D eigenvalue weighted by Gasteiger charge is 2.74.